The van der Waals surface area contributed by atoms with Crippen LogP contribution in [-0.2, 0) is 5.60 Å². The molecular formula is C8H15N3O. The number of nitrogens with two attached hydrogens (primary N) is 1. The van der Waals surface area contributed by atoms with Crippen molar-refractivity contribution in [2.75, 3.05) is 6.54 Å². The maximum absolute atomic E-state index is 9.92. The van der Waals surface area contributed by atoms with Crippen molar-refractivity contribution < 1.29 is 5.11 Å². The molecule has 0 radical (unpaired) electrons. The summed E-state index contributed by atoms with van der Waals surface area (Å²) < 4.78 is 0. The normalized spacial score (nSPS) is 16.0. The highest BCUT2D eigenvalue weighted by Gasteiger charge is 2.24. The quantitative estimate of drug-likeness (QED) is 0.608. The molecule has 0 spiro atoms. The lowest BCUT2D eigenvalue weighted by atomic mass is 9.93. The fraction of sp³-hybridized carbons (Fsp3) is 0.625. The average molecular weight is 169 g/mol. The van der Waals surface area contributed by atoms with E-state index >= 15 is 0 Å². The molecule has 0 bridgehead atoms. The molecule has 4 heteroatoms. The maximum atomic E-state index is 9.92. The van der Waals surface area contributed by atoms with Crippen LogP contribution in [0.4, 0.5) is 0 Å². The van der Waals surface area contributed by atoms with Gasteiger partial charge in [-0.25, -0.2) is 0 Å². The highest BCUT2D eigenvalue weighted by molar-refractivity contribution is 5.21. The summed E-state index contributed by atoms with van der Waals surface area (Å²) >= 11 is 0. The molecule has 0 aliphatic heterocycles. The maximum Gasteiger partial charge on any atom is 0.0913 e. The van der Waals surface area contributed by atoms with Crippen LogP contribution in [0.1, 0.15) is 24.6 Å². The van der Waals surface area contributed by atoms with Crippen molar-refractivity contribution in [2.45, 2.75) is 25.9 Å². The molecule has 4 N–H and O–H groups in total. The van der Waals surface area contributed by atoms with E-state index in [9.17, 15) is 5.11 Å². The monoisotopic (exact) mass is 169 g/mol. The third-order valence-electron chi connectivity index (χ3n) is 2.04. The van der Waals surface area contributed by atoms with Crippen molar-refractivity contribution >= 4 is 0 Å². The molecule has 1 unspecified atom stereocenters. The number of aliphatic hydroxyl groups is 1. The SMILES string of the molecule is Cc1[nH]ncc1C(C)(O)CCN. The summed E-state index contributed by atoms with van der Waals surface area (Å²) in [4.78, 5) is 0. The lowest BCUT2D eigenvalue weighted by Crippen LogP contribution is -2.25. The van der Waals surface area contributed by atoms with Crippen LogP contribution in [0.25, 0.3) is 0 Å². The molecule has 0 amide bonds. The number of nitrogens with zero attached hydrogens (tertiary/aromatic N) is 1. The summed E-state index contributed by atoms with van der Waals surface area (Å²) in [6.07, 6.45) is 2.19. The molecule has 1 aromatic heterocycles. The van der Waals surface area contributed by atoms with Crippen LogP contribution in [0.2, 0.25) is 0 Å². The lowest BCUT2D eigenvalue weighted by molar-refractivity contribution is 0.0498. The smallest absolute Gasteiger partial charge is 0.0913 e. The van der Waals surface area contributed by atoms with Gasteiger partial charge in [0.1, 0.15) is 0 Å². The summed E-state index contributed by atoms with van der Waals surface area (Å²) in [6.45, 7) is 4.10. The Bertz CT molecular complexity index is 255. The number of rotatable bonds is 3. The van der Waals surface area contributed by atoms with Gasteiger partial charge in [-0.1, -0.05) is 0 Å². The highest BCUT2D eigenvalue weighted by atomic mass is 16.3. The Balaban J connectivity index is 2.88. The topological polar surface area (TPSA) is 74.9 Å². The number of hydrogen-bond donors (Lipinski definition) is 3. The molecule has 4 nitrogen and oxygen atoms in total. The van der Waals surface area contributed by atoms with E-state index in [0.717, 1.165) is 11.3 Å². The van der Waals surface area contributed by atoms with Gasteiger partial charge in [-0.2, -0.15) is 5.10 Å². The number of aryl methyl sites for hydroxylation is 1. The average Bonchev–Trinajstić information content (AvgIpc) is 2.35. The van der Waals surface area contributed by atoms with Crippen LogP contribution in [0.5, 0.6) is 0 Å². The van der Waals surface area contributed by atoms with Gasteiger partial charge in [0.25, 0.3) is 0 Å². The van der Waals surface area contributed by atoms with E-state index in [-0.39, 0.29) is 0 Å². The minimum Gasteiger partial charge on any atom is -0.385 e. The molecular weight excluding hydrogens is 154 g/mol. The second-order valence-corrected chi connectivity index (χ2v) is 3.22. The first-order chi connectivity index (χ1) is 5.58. The van der Waals surface area contributed by atoms with Gasteiger partial charge in [-0.15, -0.1) is 0 Å². The first-order valence-electron chi connectivity index (χ1n) is 4.01. The number of hydrogen-bond acceptors (Lipinski definition) is 3. The van der Waals surface area contributed by atoms with Crippen molar-refractivity contribution in [2.24, 2.45) is 5.73 Å². The van der Waals surface area contributed by atoms with Crippen LogP contribution in [0.15, 0.2) is 6.20 Å². The molecule has 1 rings (SSSR count). The van der Waals surface area contributed by atoms with E-state index in [4.69, 9.17) is 5.73 Å². The van der Waals surface area contributed by atoms with Gasteiger partial charge in [0, 0.05) is 11.3 Å². The van der Waals surface area contributed by atoms with Gasteiger partial charge in [-0.3, -0.25) is 5.10 Å². The van der Waals surface area contributed by atoms with Gasteiger partial charge >= 0.3 is 0 Å². The summed E-state index contributed by atoms with van der Waals surface area (Å²) in [6, 6.07) is 0. The van der Waals surface area contributed by atoms with E-state index in [1.54, 1.807) is 13.1 Å². The number of aromatic nitrogens is 2. The van der Waals surface area contributed by atoms with E-state index < -0.39 is 5.60 Å². The van der Waals surface area contributed by atoms with E-state index in [1.807, 2.05) is 6.92 Å². The molecule has 0 aromatic carbocycles. The largest absolute Gasteiger partial charge is 0.385 e. The minimum atomic E-state index is -0.855. The van der Waals surface area contributed by atoms with Crippen molar-refractivity contribution in [1.29, 1.82) is 0 Å². The predicted molar refractivity (Wildman–Crippen MR) is 46.6 cm³/mol. The zero-order chi connectivity index (χ0) is 9.19. The minimum absolute atomic E-state index is 0.470. The summed E-state index contributed by atoms with van der Waals surface area (Å²) in [5, 5.41) is 16.5. The van der Waals surface area contributed by atoms with Crippen molar-refractivity contribution in [3.63, 3.8) is 0 Å². The standard InChI is InChI=1S/C8H15N3O/c1-6-7(5-10-11-6)8(2,12)3-4-9/h5,12H,3-4,9H2,1-2H3,(H,10,11). The fourth-order valence-corrected chi connectivity index (χ4v) is 1.31. The van der Waals surface area contributed by atoms with Crippen LogP contribution >= 0.6 is 0 Å². The molecule has 0 saturated carbocycles. The van der Waals surface area contributed by atoms with Crippen LogP contribution in [0, 0.1) is 6.92 Å². The molecule has 0 aliphatic rings. The van der Waals surface area contributed by atoms with Gasteiger partial charge in [0.2, 0.25) is 0 Å². The molecule has 12 heavy (non-hydrogen) atoms. The number of H-pyrrole nitrogens is 1. The van der Waals surface area contributed by atoms with Gasteiger partial charge in [0.05, 0.1) is 11.8 Å². The molecule has 68 valence electrons. The Morgan fingerprint density at radius 3 is 2.83 bits per heavy atom. The van der Waals surface area contributed by atoms with Crippen LogP contribution in [0.3, 0.4) is 0 Å². The molecule has 1 atom stereocenters. The third kappa shape index (κ3) is 1.65. The highest BCUT2D eigenvalue weighted by Crippen LogP contribution is 2.24. The van der Waals surface area contributed by atoms with Gasteiger partial charge < -0.3 is 10.8 Å². The summed E-state index contributed by atoms with van der Waals surface area (Å²) in [7, 11) is 0. The first kappa shape index (κ1) is 9.22. The lowest BCUT2D eigenvalue weighted by Gasteiger charge is -2.21. The van der Waals surface area contributed by atoms with Gasteiger partial charge in [0.15, 0.2) is 0 Å². The van der Waals surface area contributed by atoms with E-state index in [1.165, 1.54) is 0 Å². The number of aromatic amines is 1. The predicted octanol–water partition coefficient (Wildman–Crippen LogP) is 0.274. The Kier molecular flexibility index (Phi) is 2.49. The van der Waals surface area contributed by atoms with Crippen molar-refractivity contribution in [3.05, 3.63) is 17.5 Å². The summed E-state index contributed by atoms with van der Waals surface area (Å²) in [5.74, 6) is 0. The zero-order valence-corrected chi connectivity index (χ0v) is 7.46. The fourth-order valence-electron chi connectivity index (χ4n) is 1.31. The molecule has 0 fully saturated rings. The molecule has 0 saturated heterocycles. The van der Waals surface area contributed by atoms with Crippen LogP contribution < -0.4 is 5.73 Å². The first-order valence-corrected chi connectivity index (χ1v) is 4.01. The molecule has 1 heterocycles. The molecule has 1 aromatic rings. The van der Waals surface area contributed by atoms with Crippen molar-refractivity contribution in [3.8, 4) is 0 Å². The van der Waals surface area contributed by atoms with Gasteiger partial charge in [-0.05, 0) is 26.8 Å². The Morgan fingerprint density at radius 2 is 2.42 bits per heavy atom. The van der Waals surface area contributed by atoms with Crippen LogP contribution in [-0.4, -0.2) is 21.8 Å². The molecule has 0 aliphatic carbocycles. The second-order valence-electron chi connectivity index (χ2n) is 3.22. The Morgan fingerprint density at radius 1 is 1.75 bits per heavy atom. The second kappa shape index (κ2) is 3.25. The Hall–Kier alpha value is -0.870. The van der Waals surface area contributed by atoms with E-state index in [2.05, 4.69) is 10.2 Å². The summed E-state index contributed by atoms with van der Waals surface area (Å²) in [5.41, 5.74) is 6.25. The number of nitrogens with one attached hydrogen (secondary N) is 1. The Labute approximate surface area is 71.8 Å². The zero-order valence-electron chi connectivity index (χ0n) is 7.46. The van der Waals surface area contributed by atoms with Crippen molar-refractivity contribution in [1.82, 2.24) is 10.2 Å². The van der Waals surface area contributed by atoms with E-state index in [0.29, 0.717) is 13.0 Å². The third-order valence-corrected chi connectivity index (χ3v) is 2.04.